The number of hydrogen-bond acceptors (Lipinski definition) is 1. The molecule has 0 bridgehead atoms. The van der Waals surface area contributed by atoms with Gasteiger partial charge in [0.1, 0.15) is 0 Å². The average Bonchev–Trinajstić information content (AvgIpc) is 2.41. The van der Waals surface area contributed by atoms with Crippen LogP contribution in [-0.4, -0.2) is 16.7 Å². The van der Waals surface area contributed by atoms with Crippen LogP contribution < -0.4 is 0 Å². The number of carbonyl (C=O) groups is 1. The largest absolute Gasteiger partial charge is 0.363 e. The number of hydrogen-bond donors (Lipinski definition) is 1. The molecule has 1 aromatic heterocycles. The van der Waals surface area contributed by atoms with Crippen molar-refractivity contribution in [2.24, 2.45) is 0 Å². The lowest BCUT2D eigenvalue weighted by atomic mass is 9.93. The first-order valence-electron chi connectivity index (χ1n) is 3.81. The van der Waals surface area contributed by atoms with Crippen molar-refractivity contribution < 1.29 is 13.6 Å². The van der Waals surface area contributed by atoms with Gasteiger partial charge in [-0.3, -0.25) is 4.79 Å². The fourth-order valence-corrected chi connectivity index (χ4v) is 2.19. The van der Waals surface area contributed by atoms with Gasteiger partial charge in [0.25, 0.3) is 0 Å². The second-order valence-electron chi connectivity index (χ2n) is 3.02. The number of Topliss-reactive ketones (excluding diaryl/α,β-unsaturated/α-hetero) is 1. The Labute approximate surface area is 86.8 Å². The van der Waals surface area contributed by atoms with Crippen molar-refractivity contribution >= 4 is 28.4 Å². The van der Waals surface area contributed by atoms with E-state index < -0.39 is 11.7 Å². The van der Waals surface area contributed by atoms with Crippen molar-refractivity contribution in [2.45, 2.75) is 18.8 Å². The molecule has 0 saturated carbocycles. The molecule has 1 N–H and O–H groups in total. The molecule has 0 spiro atoms. The van der Waals surface area contributed by atoms with E-state index in [4.69, 9.17) is 0 Å². The van der Waals surface area contributed by atoms with Crippen LogP contribution in [0.15, 0.2) is 6.20 Å². The summed E-state index contributed by atoms with van der Waals surface area (Å²) < 4.78 is 26.5. The Morgan fingerprint density at radius 3 is 2.92 bits per heavy atom. The first kappa shape index (κ1) is 9.11. The molecule has 1 aliphatic rings. The molecule has 0 fully saturated rings. The fraction of sp³-hybridized carbons (Fsp3) is 0.375. The summed E-state index contributed by atoms with van der Waals surface area (Å²) in [4.78, 5) is 14.1. The van der Waals surface area contributed by atoms with E-state index in [2.05, 4.69) is 4.98 Å². The number of H-pyrrole nitrogens is 1. The summed E-state index contributed by atoms with van der Waals surface area (Å²) >= 11 is 1.88. The van der Waals surface area contributed by atoms with Crippen LogP contribution in [0.5, 0.6) is 0 Å². The normalized spacial score (nSPS) is 20.1. The Bertz CT molecular complexity index is 372. The summed E-state index contributed by atoms with van der Waals surface area (Å²) in [5.41, 5.74) is 0.817. The third-order valence-electron chi connectivity index (χ3n) is 2.16. The van der Waals surface area contributed by atoms with E-state index in [1.165, 1.54) is 0 Å². The van der Waals surface area contributed by atoms with E-state index in [-0.39, 0.29) is 18.4 Å². The molecule has 2 rings (SSSR count). The molecule has 0 aliphatic heterocycles. The molecular formula is C8H6F2INO. The molecule has 13 heavy (non-hydrogen) atoms. The number of nitrogens with one attached hydrogen (secondary N) is 1. The van der Waals surface area contributed by atoms with E-state index in [1.54, 1.807) is 6.20 Å². The smallest absolute Gasteiger partial charge is 0.310 e. The second kappa shape index (κ2) is 2.76. The van der Waals surface area contributed by atoms with Gasteiger partial charge in [-0.25, -0.2) is 0 Å². The van der Waals surface area contributed by atoms with Crippen molar-refractivity contribution in [2.75, 3.05) is 0 Å². The number of carbonyl (C=O) groups excluding carboxylic acids is 1. The summed E-state index contributed by atoms with van der Waals surface area (Å²) in [7, 11) is 0. The topological polar surface area (TPSA) is 32.9 Å². The van der Waals surface area contributed by atoms with Gasteiger partial charge < -0.3 is 4.98 Å². The van der Waals surface area contributed by atoms with Crippen molar-refractivity contribution in [3.8, 4) is 0 Å². The molecule has 1 heterocycles. The molecule has 0 saturated heterocycles. The summed E-state index contributed by atoms with van der Waals surface area (Å²) in [5.74, 6) is -4.21. The predicted octanol–water partition coefficient (Wildman–Crippen LogP) is 2.38. The molecule has 70 valence electrons. The lowest BCUT2D eigenvalue weighted by Crippen LogP contribution is -2.34. The Kier molecular flexibility index (Phi) is 1.94. The van der Waals surface area contributed by atoms with Gasteiger partial charge >= 0.3 is 5.92 Å². The lowest BCUT2D eigenvalue weighted by molar-refractivity contribution is 0.00178. The molecule has 0 aromatic carbocycles. The van der Waals surface area contributed by atoms with Gasteiger partial charge in [-0.1, -0.05) is 0 Å². The van der Waals surface area contributed by atoms with Crippen LogP contribution >= 0.6 is 22.6 Å². The van der Waals surface area contributed by atoms with Crippen LogP contribution in [0.25, 0.3) is 0 Å². The first-order chi connectivity index (χ1) is 6.02. The predicted molar refractivity (Wildman–Crippen MR) is 51.1 cm³/mol. The minimum Gasteiger partial charge on any atom is -0.363 e. The molecule has 5 heteroatoms. The highest BCUT2D eigenvalue weighted by atomic mass is 127. The third kappa shape index (κ3) is 1.29. The number of rotatable bonds is 0. The van der Waals surface area contributed by atoms with Crippen molar-refractivity contribution in [3.63, 3.8) is 0 Å². The summed E-state index contributed by atoms with van der Waals surface area (Å²) in [6.07, 6.45) is 1.46. The number of aromatic amines is 1. The quantitative estimate of drug-likeness (QED) is 0.733. The van der Waals surface area contributed by atoms with Gasteiger partial charge in [-0.05, 0) is 29.0 Å². The SMILES string of the molecule is O=C1c2c(I)c[nH]c2CCC1(F)F. The minimum absolute atomic E-state index is 0.178. The molecule has 1 aliphatic carbocycles. The first-order valence-corrected chi connectivity index (χ1v) is 4.88. The third-order valence-corrected chi connectivity index (χ3v) is 3.01. The number of halogens is 3. The maximum atomic E-state index is 13.0. The molecule has 1 aromatic rings. The number of ketones is 1. The molecule has 0 radical (unpaired) electrons. The van der Waals surface area contributed by atoms with E-state index in [1.807, 2.05) is 22.6 Å². The molecule has 0 amide bonds. The van der Waals surface area contributed by atoms with E-state index >= 15 is 0 Å². The van der Waals surface area contributed by atoms with Gasteiger partial charge in [0.2, 0.25) is 5.78 Å². The van der Waals surface area contributed by atoms with Crippen molar-refractivity contribution in [1.82, 2.24) is 4.98 Å². The highest BCUT2D eigenvalue weighted by Gasteiger charge is 2.44. The zero-order chi connectivity index (χ0) is 9.64. The highest BCUT2D eigenvalue weighted by Crippen LogP contribution is 2.34. The van der Waals surface area contributed by atoms with Gasteiger partial charge in [-0.15, -0.1) is 0 Å². The van der Waals surface area contributed by atoms with Crippen molar-refractivity contribution in [3.05, 3.63) is 21.0 Å². The van der Waals surface area contributed by atoms with Crippen LogP contribution in [0.3, 0.4) is 0 Å². The van der Waals surface area contributed by atoms with Gasteiger partial charge in [0.15, 0.2) is 0 Å². The summed E-state index contributed by atoms with van der Waals surface area (Å²) in [5, 5.41) is 0. The monoisotopic (exact) mass is 297 g/mol. The lowest BCUT2D eigenvalue weighted by Gasteiger charge is -2.20. The maximum absolute atomic E-state index is 13.0. The fourth-order valence-electron chi connectivity index (χ4n) is 1.46. The highest BCUT2D eigenvalue weighted by molar-refractivity contribution is 14.1. The summed E-state index contributed by atoms with van der Waals surface area (Å²) in [6, 6.07) is 0. The van der Waals surface area contributed by atoms with Crippen LogP contribution in [0, 0.1) is 3.57 Å². The average molecular weight is 297 g/mol. The van der Waals surface area contributed by atoms with E-state index in [0.29, 0.717) is 9.26 Å². The van der Waals surface area contributed by atoms with Gasteiger partial charge in [-0.2, -0.15) is 8.78 Å². The molecule has 0 unspecified atom stereocenters. The van der Waals surface area contributed by atoms with E-state index in [9.17, 15) is 13.6 Å². The van der Waals surface area contributed by atoms with Gasteiger partial charge in [0.05, 0.1) is 5.56 Å². The van der Waals surface area contributed by atoms with Crippen LogP contribution in [0.1, 0.15) is 22.5 Å². The zero-order valence-corrected chi connectivity index (χ0v) is 8.69. The molecule has 2 nitrogen and oxygen atoms in total. The van der Waals surface area contributed by atoms with Crippen LogP contribution in [-0.2, 0) is 6.42 Å². The Morgan fingerprint density at radius 1 is 1.54 bits per heavy atom. The molecular weight excluding hydrogens is 291 g/mol. The number of fused-ring (bicyclic) bond motifs is 1. The standard InChI is InChI=1S/C8H6F2INO/c9-8(10)2-1-5-6(7(8)13)4(11)3-12-5/h3,12H,1-2H2. The van der Waals surface area contributed by atoms with E-state index in [0.717, 1.165) is 0 Å². The van der Waals surface area contributed by atoms with Crippen LogP contribution in [0.4, 0.5) is 8.78 Å². The zero-order valence-electron chi connectivity index (χ0n) is 6.53. The van der Waals surface area contributed by atoms with Crippen molar-refractivity contribution in [1.29, 1.82) is 0 Å². The maximum Gasteiger partial charge on any atom is 0.310 e. The van der Waals surface area contributed by atoms with Crippen LogP contribution in [0.2, 0.25) is 0 Å². The Balaban J connectivity index is 2.55. The minimum atomic E-state index is -3.17. The Morgan fingerprint density at radius 2 is 2.23 bits per heavy atom. The molecule has 0 atom stereocenters. The number of alkyl halides is 2. The second-order valence-corrected chi connectivity index (χ2v) is 4.19. The number of aryl methyl sites for hydroxylation is 1. The summed E-state index contributed by atoms with van der Waals surface area (Å²) in [6.45, 7) is 0. The Hall–Kier alpha value is -0.460. The number of aromatic nitrogens is 1. The van der Waals surface area contributed by atoms with Gasteiger partial charge in [0, 0.05) is 21.9 Å².